The first-order valence-corrected chi connectivity index (χ1v) is 6.12. The minimum Gasteiger partial charge on any atom is -0.383 e. The molecule has 1 aromatic carbocycles. The molecule has 0 bridgehead atoms. The van der Waals surface area contributed by atoms with Crippen LogP contribution < -0.4 is 5.73 Å². The second-order valence-corrected chi connectivity index (χ2v) is 4.86. The molecule has 0 spiro atoms. The van der Waals surface area contributed by atoms with Gasteiger partial charge in [-0.15, -0.1) is 0 Å². The highest BCUT2D eigenvalue weighted by Crippen LogP contribution is 2.29. The molecule has 1 heterocycles. The van der Waals surface area contributed by atoms with Crippen LogP contribution in [0.3, 0.4) is 0 Å². The fourth-order valence-corrected chi connectivity index (χ4v) is 2.07. The predicted octanol–water partition coefficient (Wildman–Crippen LogP) is 3.83. The Labute approximate surface area is 114 Å². The van der Waals surface area contributed by atoms with Gasteiger partial charge in [0.1, 0.15) is 16.7 Å². The summed E-state index contributed by atoms with van der Waals surface area (Å²) in [5.41, 5.74) is 7.34. The number of anilines is 1. The van der Waals surface area contributed by atoms with Gasteiger partial charge in [0, 0.05) is 0 Å². The summed E-state index contributed by atoms with van der Waals surface area (Å²) in [6.07, 6.45) is 0. The predicted molar refractivity (Wildman–Crippen MR) is 71.6 cm³/mol. The summed E-state index contributed by atoms with van der Waals surface area (Å²) >= 11 is 11.8. The van der Waals surface area contributed by atoms with Crippen molar-refractivity contribution < 1.29 is 4.39 Å². The zero-order valence-electron chi connectivity index (χ0n) is 9.92. The summed E-state index contributed by atoms with van der Waals surface area (Å²) in [6.45, 7) is 3.67. The fourth-order valence-electron chi connectivity index (χ4n) is 1.75. The van der Waals surface area contributed by atoms with Crippen molar-refractivity contribution in [1.29, 1.82) is 0 Å². The number of hydrogen-bond donors (Lipinski definition) is 1. The molecule has 0 aliphatic rings. The van der Waals surface area contributed by atoms with Crippen molar-refractivity contribution in [2.45, 2.75) is 19.9 Å². The summed E-state index contributed by atoms with van der Waals surface area (Å²) in [5, 5.41) is 4.78. The number of nitrogens with zero attached hydrogens (tertiary/aromatic N) is 2. The van der Waals surface area contributed by atoms with Crippen LogP contribution in [-0.2, 0) is 0 Å². The molecule has 2 aromatic rings. The van der Waals surface area contributed by atoms with Crippen LogP contribution in [0.5, 0.6) is 0 Å². The Balaban J connectivity index is 2.44. The van der Waals surface area contributed by atoms with Crippen LogP contribution in [0.4, 0.5) is 10.2 Å². The van der Waals surface area contributed by atoms with Crippen LogP contribution in [0, 0.1) is 12.7 Å². The van der Waals surface area contributed by atoms with Crippen LogP contribution in [-0.4, -0.2) is 9.78 Å². The number of benzene rings is 1. The third kappa shape index (κ3) is 2.18. The van der Waals surface area contributed by atoms with Crippen molar-refractivity contribution in [3.63, 3.8) is 0 Å². The largest absolute Gasteiger partial charge is 0.383 e. The van der Waals surface area contributed by atoms with E-state index in [1.807, 2.05) is 6.92 Å². The van der Waals surface area contributed by atoms with E-state index in [1.54, 1.807) is 23.7 Å². The lowest BCUT2D eigenvalue weighted by Gasteiger charge is -2.14. The lowest BCUT2D eigenvalue weighted by molar-refractivity contribution is 0.565. The smallest absolute Gasteiger partial charge is 0.141 e. The van der Waals surface area contributed by atoms with E-state index in [0.717, 1.165) is 5.56 Å². The standard InChI is InChI=1S/C12H12Cl2FN3/c1-6-11(14)12(16)18(17-6)7(2)8-3-4-10(15)9(13)5-8/h3-5,7H,16H2,1-2H3. The number of hydrogen-bond acceptors (Lipinski definition) is 2. The molecular formula is C12H12Cl2FN3. The van der Waals surface area contributed by atoms with E-state index in [-0.39, 0.29) is 11.1 Å². The molecule has 0 radical (unpaired) electrons. The van der Waals surface area contributed by atoms with Crippen molar-refractivity contribution in [3.8, 4) is 0 Å². The SMILES string of the molecule is Cc1nn(C(C)c2ccc(F)c(Cl)c2)c(N)c1Cl. The monoisotopic (exact) mass is 287 g/mol. The average Bonchev–Trinajstić information content (AvgIpc) is 2.60. The summed E-state index contributed by atoms with van der Waals surface area (Å²) in [4.78, 5) is 0. The van der Waals surface area contributed by atoms with Gasteiger partial charge in [-0.3, -0.25) is 0 Å². The lowest BCUT2D eigenvalue weighted by Crippen LogP contribution is -2.11. The van der Waals surface area contributed by atoms with E-state index in [4.69, 9.17) is 28.9 Å². The summed E-state index contributed by atoms with van der Waals surface area (Å²) in [6, 6.07) is 4.36. The zero-order chi connectivity index (χ0) is 13.4. The number of nitrogen functional groups attached to an aromatic ring is 1. The maximum Gasteiger partial charge on any atom is 0.141 e. The van der Waals surface area contributed by atoms with E-state index in [9.17, 15) is 4.39 Å². The van der Waals surface area contributed by atoms with Gasteiger partial charge in [0.15, 0.2) is 0 Å². The van der Waals surface area contributed by atoms with Crippen LogP contribution in [0.1, 0.15) is 24.2 Å². The third-order valence-corrected chi connectivity index (χ3v) is 3.60. The molecule has 3 nitrogen and oxygen atoms in total. The Hall–Kier alpha value is -1.26. The van der Waals surface area contributed by atoms with E-state index < -0.39 is 5.82 Å². The van der Waals surface area contributed by atoms with Gasteiger partial charge in [0.2, 0.25) is 0 Å². The topological polar surface area (TPSA) is 43.8 Å². The van der Waals surface area contributed by atoms with Crippen LogP contribution >= 0.6 is 23.2 Å². The van der Waals surface area contributed by atoms with Crippen molar-refractivity contribution in [1.82, 2.24) is 9.78 Å². The second kappa shape index (κ2) is 4.78. The Morgan fingerprint density at radius 1 is 1.39 bits per heavy atom. The normalized spacial score (nSPS) is 12.7. The minimum absolute atomic E-state index is 0.0768. The molecule has 18 heavy (non-hydrogen) atoms. The summed E-state index contributed by atoms with van der Waals surface area (Å²) in [5.74, 6) is -0.0580. The summed E-state index contributed by atoms with van der Waals surface area (Å²) < 4.78 is 14.7. The Morgan fingerprint density at radius 2 is 2.06 bits per heavy atom. The maximum absolute atomic E-state index is 13.1. The maximum atomic E-state index is 13.1. The zero-order valence-corrected chi connectivity index (χ0v) is 11.4. The number of aryl methyl sites for hydroxylation is 1. The molecule has 1 unspecified atom stereocenters. The van der Waals surface area contributed by atoms with Crippen molar-refractivity contribution in [2.75, 3.05) is 5.73 Å². The van der Waals surface area contributed by atoms with Crippen LogP contribution in [0.15, 0.2) is 18.2 Å². The number of halogens is 3. The molecule has 0 fully saturated rings. The van der Waals surface area contributed by atoms with Gasteiger partial charge in [-0.1, -0.05) is 29.3 Å². The molecule has 0 aliphatic heterocycles. The minimum atomic E-state index is -0.449. The van der Waals surface area contributed by atoms with Crippen LogP contribution in [0.2, 0.25) is 10.0 Å². The van der Waals surface area contributed by atoms with E-state index in [0.29, 0.717) is 16.5 Å². The lowest BCUT2D eigenvalue weighted by atomic mass is 10.1. The molecule has 1 atom stereocenters. The summed E-state index contributed by atoms with van der Waals surface area (Å²) in [7, 11) is 0. The van der Waals surface area contributed by atoms with Crippen molar-refractivity contribution >= 4 is 29.0 Å². The van der Waals surface area contributed by atoms with Gasteiger partial charge < -0.3 is 5.73 Å². The molecular weight excluding hydrogens is 276 g/mol. The Bertz CT molecular complexity index is 595. The first-order chi connectivity index (χ1) is 8.41. The highest BCUT2D eigenvalue weighted by atomic mass is 35.5. The highest BCUT2D eigenvalue weighted by Gasteiger charge is 2.17. The first kappa shape index (κ1) is 13.2. The number of aromatic nitrogens is 2. The average molecular weight is 288 g/mol. The van der Waals surface area contributed by atoms with E-state index in [1.165, 1.54) is 6.07 Å². The molecule has 0 saturated carbocycles. The van der Waals surface area contributed by atoms with Gasteiger partial charge in [0.25, 0.3) is 0 Å². The third-order valence-electron chi connectivity index (χ3n) is 2.84. The van der Waals surface area contributed by atoms with Gasteiger partial charge in [0.05, 0.1) is 16.8 Å². The van der Waals surface area contributed by atoms with E-state index in [2.05, 4.69) is 5.10 Å². The molecule has 2 rings (SSSR count). The second-order valence-electron chi connectivity index (χ2n) is 4.08. The van der Waals surface area contributed by atoms with Crippen molar-refractivity contribution in [2.24, 2.45) is 0 Å². The number of rotatable bonds is 2. The molecule has 2 N–H and O–H groups in total. The highest BCUT2D eigenvalue weighted by molar-refractivity contribution is 6.33. The Kier molecular flexibility index (Phi) is 3.50. The number of nitrogens with two attached hydrogens (primary N) is 1. The van der Waals surface area contributed by atoms with Crippen LogP contribution in [0.25, 0.3) is 0 Å². The molecule has 0 aliphatic carbocycles. The molecule has 1 aromatic heterocycles. The molecule has 6 heteroatoms. The van der Waals surface area contributed by atoms with Gasteiger partial charge in [-0.05, 0) is 31.5 Å². The quantitative estimate of drug-likeness (QED) is 0.912. The van der Waals surface area contributed by atoms with Gasteiger partial charge >= 0.3 is 0 Å². The molecule has 0 amide bonds. The van der Waals surface area contributed by atoms with E-state index >= 15 is 0 Å². The molecule has 0 saturated heterocycles. The first-order valence-electron chi connectivity index (χ1n) is 5.37. The van der Waals surface area contributed by atoms with Crippen molar-refractivity contribution in [3.05, 3.63) is 45.3 Å². The molecule has 96 valence electrons. The van der Waals surface area contributed by atoms with Gasteiger partial charge in [-0.2, -0.15) is 5.10 Å². The fraction of sp³-hybridized carbons (Fsp3) is 0.250. The Morgan fingerprint density at radius 3 is 2.56 bits per heavy atom. The van der Waals surface area contributed by atoms with Gasteiger partial charge in [-0.25, -0.2) is 9.07 Å².